The van der Waals surface area contributed by atoms with Gasteiger partial charge >= 0.3 is 0 Å². The van der Waals surface area contributed by atoms with Crippen molar-refractivity contribution in [3.63, 3.8) is 0 Å². The molecule has 10 nitrogen and oxygen atoms in total. The van der Waals surface area contributed by atoms with E-state index in [0.717, 1.165) is 66.8 Å². The van der Waals surface area contributed by atoms with Crippen LogP contribution >= 0.6 is 0 Å². The average Bonchev–Trinajstić information content (AvgIpc) is 3.51. The van der Waals surface area contributed by atoms with E-state index in [9.17, 15) is 4.79 Å². The summed E-state index contributed by atoms with van der Waals surface area (Å²) in [5.74, 6) is 0.713. The van der Waals surface area contributed by atoms with Crippen molar-refractivity contribution in [1.29, 1.82) is 0 Å². The number of likely N-dealkylation sites (N-methyl/N-ethyl adjacent to an activating group) is 1. The zero-order valence-electron chi connectivity index (χ0n) is 19.3. The van der Waals surface area contributed by atoms with Crippen LogP contribution in [-0.4, -0.2) is 100.0 Å². The van der Waals surface area contributed by atoms with E-state index in [4.69, 9.17) is 14.7 Å². The second-order valence-corrected chi connectivity index (χ2v) is 8.97. The number of amides is 1. The number of H-pyrrole nitrogens is 1. The molecule has 0 aliphatic carbocycles. The number of piperazine rings is 1. The molecular weight excluding hydrogens is 432 g/mol. The molecular formula is C24H28N8O2. The average molecular weight is 461 g/mol. The lowest BCUT2D eigenvalue weighted by Crippen LogP contribution is -2.48. The lowest BCUT2D eigenvalue weighted by molar-refractivity contribution is -0.133. The SMILES string of the molecule is CN1CCN(C(=O)Cn2ncc3c(-c4ccc5cc[nH]c5c4)nc(N4CCOCC4)nc32)CC1. The predicted octanol–water partition coefficient (Wildman–Crippen LogP) is 1.59. The van der Waals surface area contributed by atoms with Crippen LogP contribution in [0.2, 0.25) is 0 Å². The van der Waals surface area contributed by atoms with Gasteiger partial charge in [-0.25, -0.2) is 9.67 Å². The van der Waals surface area contributed by atoms with E-state index in [-0.39, 0.29) is 12.5 Å². The summed E-state index contributed by atoms with van der Waals surface area (Å²) in [5.41, 5.74) is 3.54. The highest BCUT2D eigenvalue weighted by Gasteiger charge is 2.23. The number of hydrogen-bond donors (Lipinski definition) is 1. The third-order valence-electron chi connectivity index (χ3n) is 6.75. The molecule has 0 radical (unpaired) electrons. The van der Waals surface area contributed by atoms with Gasteiger partial charge in [0.25, 0.3) is 0 Å². The van der Waals surface area contributed by atoms with E-state index in [2.05, 4.69) is 51.2 Å². The van der Waals surface area contributed by atoms with Crippen LogP contribution in [0.5, 0.6) is 0 Å². The fourth-order valence-corrected chi connectivity index (χ4v) is 4.66. The van der Waals surface area contributed by atoms with Gasteiger partial charge in [-0.1, -0.05) is 12.1 Å². The molecule has 1 N–H and O–H groups in total. The molecule has 2 saturated heterocycles. The van der Waals surface area contributed by atoms with Gasteiger partial charge in [0.2, 0.25) is 11.9 Å². The van der Waals surface area contributed by atoms with Crippen LogP contribution in [-0.2, 0) is 16.1 Å². The Morgan fingerprint density at radius 2 is 1.88 bits per heavy atom. The van der Waals surface area contributed by atoms with Crippen LogP contribution in [0.25, 0.3) is 33.2 Å². The van der Waals surface area contributed by atoms with Gasteiger partial charge in [-0.05, 0) is 24.6 Å². The maximum atomic E-state index is 13.0. The second kappa shape index (κ2) is 8.69. The van der Waals surface area contributed by atoms with E-state index < -0.39 is 0 Å². The number of carbonyl (C=O) groups excluding carboxylic acids is 1. The van der Waals surface area contributed by atoms with Gasteiger partial charge in [-0.2, -0.15) is 10.1 Å². The molecule has 0 bridgehead atoms. The van der Waals surface area contributed by atoms with Crippen molar-refractivity contribution in [2.24, 2.45) is 0 Å². The maximum absolute atomic E-state index is 13.0. The van der Waals surface area contributed by atoms with E-state index in [1.807, 2.05) is 11.1 Å². The molecule has 0 atom stereocenters. The number of ether oxygens (including phenoxy) is 1. The van der Waals surface area contributed by atoms with Crippen LogP contribution in [0.3, 0.4) is 0 Å². The van der Waals surface area contributed by atoms with Gasteiger partial charge in [0, 0.05) is 56.5 Å². The van der Waals surface area contributed by atoms with E-state index in [1.54, 1.807) is 10.9 Å². The van der Waals surface area contributed by atoms with Gasteiger partial charge in [0.15, 0.2) is 5.65 Å². The minimum atomic E-state index is 0.0685. The number of morpholine rings is 1. The Labute approximate surface area is 197 Å². The number of benzene rings is 1. The Hall–Kier alpha value is -3.50. The van der Waals surface area contributed by atoms with Crippen molar-refractivity contribution >= 4 is 33.8 Å². The molecule has 2 fully saturated rings. The summed E-state index contributed by atoms with van der Waals surface area (Å²) in [4.78, 5) is 32.5. The van der Waals surface area contributed by atoms with Crippen molar-refractivity contribution in [2.45, 2.75) is 6.54 Å². The van der Waals surface area contributed by atoms with Crippen LogP contribution < -0.4 is 4.90 Å². The van der Waals surface area contributed by atoms with Gasteiger partial charge in [-0.15, -0.1) is 0 Å². The second-order valence-electron chi connectivity index (χ2n) is 8.97. The molecule has 2 aliphatic rings. The lowest BCUT2D eigenvalue weighted by atomic mass is 10.1. The first-order valence-electron chi connectivity index (χ1n) is 11.8. The number of carbonyl (C=O) groups is 1. The summed E-state index contributed by atoms with van der Waals surface area (Å²) in [5, 5.41) is 6.57. The van der Waals surface area contributed by atoms with Crippen LogP contribution in [0.4, 0.5) is 5.95 Å². The van der Waals surface area contributed by atoms with Crippen LogP contribution in [0.15, 0.2) is 36.7 Å². The summed E-state index contributed by atoms with van der Waals surface area (Å²) in [6.07, 6.45) is 3.72. The lowest BCUT2D eigenvalue weighted by Gasteiger charge is -2.32. The highest BCUT2D eigenvalue weighted by atomic mass is 16.5. The van der Waals surface area contributed by atoms with Crippen LogP contribution in [0, 0.1) is 0 Å². The van der Waals surface area contributed by atoms with Crippen molar-refractivity contribution in [1.82, 2.24) is 34.5 Å². The first-order valence-corrected chi connectivity index (χ1v) is 11.8. The zero-order chi connectivity index (χ0) is 23.1. The Kier molecular flexibility index (Phi) is 5.39. The third kappa shape index (κ3) is 3.88. The molecule has 1 amide bonds. The standard InChI is InChI=1S/C24H28N8O2/c1-29-6-8-30(9-7-29)21(33)16-32-23-19(15-26-32)22(18-3-2-17-4-5-25-20(17)14-18)27-24(28-23)31-10-12-34-13-11-31/h2-5,14-15,25H,6-13,16H2,1H3. The van der Waals surface area contributed by atoms with E-state index in [0.29, 0.717) is 24.8 Å². The molecule has 34 heavy (non-hydrogen) atoms. The molecule has 0 spiro atoms. The molecule has 3 aromatic heterocycles. The highest BCUT2D eigenvalue weighted by Crippen LogP contribution is 2.30. The number of nitrogens with one attached hydrogen (secondary N) is 1. The summed E-state index contributed by atoms with van der Waals surface area (Å²) in [7, 11) is 2.08. The number of nitrogens with zero attached hydrogens (tertiary/aromatic N) is 7. The number of hydrogen-bond acceptors (Lipinski definition) is 7. The summed E-state index contributed by atoms with van der Waals surface area (Å²) < 4.78 is 7.25. The first-order chi connectivity index (χ1) is 16.7. The van der Waals surface area contributed by atoms with Crippen LogP contribution in [0.1, 0.15) is 0 Å². The Bertz CT molecular complexity index is 1330. The molecule has 176 valence electrons. The van der Waals surface area contributed by atoms with Gasteiger partial charge in [0.1, 0.15) is 6.54 Å². The Morgan fingerprint density at radius 1 is 1.06 bits per heavy atom. The van der Waals surface area contributed by atoms with E-state index >= 15 is 0 Å². The number of aromatic amines is 1. The van der Waals surface area contributed by atoms with Crippen molar-refractivity contribution in [2.75, 3.05) is 64.4 Å². The molecule has 0 unspecified atom stereocenters. The molecule has 5 heterocycles. The maximum Gasteiger partial charge on any atom is 0.244 e. The fraction of sp³-hybridized carbons (Fsp3) is 0.417. The monoisotopic (exact) mass is 460 g/mol. The fourth-order valence-electron chi connectivity index (χ4n) is 4.66. The minimum absolute atomic E-state index is 0.0685. The van der Waals surface area contributed by atoms with Gasteiger partial charge in [-0.3, -0.25) is 4.79 Å². The minimum Gasteiger partial charge on any atom is -0.378 e. The van der Waals surface area contributed by atoms with Gasteiger partial charge in [0.05, 0.1) is 30.5 Å². The van der Waals surface area contributed by atoms with Crippen molar-refractivity contribution in [3.05, 3.63) is 36.7 Å². The smallest absolute Gasteiger partial charge is 0.244 e. The summed E-state index contributed by atoms with van der Waals surface area (Å²) in [6.45, 7) is 6.18. The summed E-state index contributed by atoms with van der Waals surface area (Å²) >= 11 is 0. The third-order valence-corrected chi connectivity index (χ3v) is 6.75. The number of fused-ring (bicyclic) bond motifs is 2. The molecule has 1 aromatic carbocycles. The molecule has 10 heteroatoms. The topological polar surface area (TPSA) is 95.4 Å². The van der Waals surface area contributed by atoms with E-state index in [1.165, 1.54) is 0 Å². The molecule has 4 aromatic rings. The molecule has 0 saturated carbocycles. The normalized spacial score (nSPS) is 17.7. The molecule has 6 rings (SSSR count). The Balaban J connectivity index is 1.41. The predicted molar refractivity (Wildman–Crippen MR) is 130 cm³/mol. The molecule has 2 aliphatic heterocycles. The first kappa shape index (κ1) is 21.1. The quantitative estimate of drug-likeness (QED) is 0.494. The largest absolute Gasteiger partial charge is 0.378 e. The highest BCUT2D eigenvalue weighted by molar-refractivity contribution is 5.94. The zero-order valence-corrected chi connectivity index (χ0v) is 19.3. The summed E-state index contributed by atoms with van der Waals surface area (Å²) in [6, 6.07) is 8.32. The van der Waals surface area contributed by atoms with Gasteiger partial charge < -0.3 is 24.4 Å². The number of aromatic nitrogens is 5. The van der Waals surface area contributed by atoms with Crippen molar-refractivity contribution in [3.8, 4) is 11.3 Å². The van der Waals surface area contributed by atoms with Crippen molar-refractivity contribution < 1.29 is 9.53 Å². The number of anilines is 1. The Morgan fingerprint density at radius 3 is 2.71 bits per heavy atom. The number of rotatable bonds is 4.